The number of aliphatic hydroxyl groups excluding tert-OH is 1. The minimum Gasteiger partial charge on any atom is -0.396 e. The van der Waals surface area contributed by atoms with Gasteiger partial charge in [-0.15, -0.1) is 0 Å². The van der Waals surface area contributed by atoms with Gasteiger partial charge >= 0.3 is 0 Å². The number of aliphatic hydroxyl groups is 1. The predicted molar refractivity (Wildman–Crippen MR) is 95.3 cm³/mol. The fourth-order valence-electron chi connectivity index (χ4n) is 5.75. The van der Waals surface area contributed by atoms with Crippen molar-refractivity contribution in [3.05, 3.63) is 23.3 Å². The van der Waals surface area contributed by atoms with E-state index in [1.165, 1.54) is 17.6 Å². The Morgan fingerprint density at radius 2 is 1.91 bits per heavy atom. The van der Waals surface area contributed by atoms with E-state index in [4.69, 9.17) is 4.74 Å². The minimum atomic E-state index is -0.159. The molecule has 1 spiro atoms. The highest BCUT2D eigenvalue weighted by Gasteiger charge is 2.78. The van der Waals surface area contributed by atoms with Crippen LogP contribution in [0.3, 0.4) is 0 Å². The molecule has 2 fully saturated rings. The smallest absolute Gasteiger partial charge is 0.108 e. The number of fused-ring (bicyclic) bond motifs is 1. The van der Waals surface area contributed by atoms with Gasteiger partial charge in [0.15, 0.2) is 0 Å². The van der Waals surface area contributed by atoms with Crippen LogP contribution in [-0.4, -0.2) is 22.9 Å². The summed E-state index contributed by atoms with van der Waals surface area (Å²) in [5, 5.41) is 10.2. The van der Waals surface area contributed by atoms with Crippen LogP contribution in [0.15, 0.2) is 23.3 Å². The van der Waals surface area contributed by atoms with Crippen LogP contribution in [0.1, 0.15) is 73.1 Å². The summed E-state index contributed by atoms with van der Waals surface area (Å²) in [4.78, 5) is 0. The van der Waals surface area contributed by atoms with Crippen molar-refractivity contribution in [2.75, 3.05) is 6.61 Å². The SMILES string of the molecule is C/C1=C\C[C@@H]2CC[C@@]3(C)O[C@@]3([C@H](CO)C/C(C)=C/CC1)C2(C)C. The molecule has 1 N–H and O–H groups in total. The summed E-state index contributed by atoms with van der Waals surface area (Å²) in [7, 11) is 0. The van der Waals surface area contributed by atoms with Gasteiger partial charge in [0.2, 0.25) is 0 Å². The Labute approximate surface area is 142 Å². The summed E-state index contributed by atoms with van der Waals surface area (Å²) < 4.78 is 6.51. The maximum Gasteiger partial charge on any atom is 0.108 e. The minimum absolute atomic E-state index is 0.0381. The highest BCUT2D eigenvalue weighted by atomic mass is 16.6. The van der Waals surface area contributed by atoms with Gasteiger partial charge in [0.1, 0.15) is 5.60 Å². The molecule has 0 aromatic carbocycles. The standard InChI is InChI=1S/C21H34O2/c1-15-7-6-8-16(2)13-18(14-22)21-19(3,4)17(10-9-15)11-12-20(21,5)23-21/h8-9,17-18,22H,6-7,10-14H2,1-5H3/b15-9+,16-8+/t17-,18+,20-,21+/m1/s1. The van der Waals surface area contributed by atoms with Crippen LogP contribution in [0.25, 0.3) is 0 Å². The van der Waals surface area contributed by atoms with Crippen LogP contribution in [0.4, 0.5) is 0 Å². The van der Waals surface area contributed by atoms with Crippen molar-refractivity contribution < 1.29 is 9.84 Å². The lowest BCUT2D eigenvalue weighted by atomic mass is 9.53. The molecule has 0 unspecified atom stereocenters. The molecule has 4 atom stereocenters. The fraction of sp³-hybridized carbons (Fsp3) is 0.810. The lowest BCUT2D eigenvalue weighted by molar-refractivity contribution is -0.00424. The van der Waals surface area contributed by atoms with E-state index in [1.54, 1.807) is 0 Å². The van der Waals surface area contributed by atoms with Gasteiger partial charge < -0.3 is 9.84 Å². The molecule has 23 heavy (non-hydrogen) atoms. The van der Waals surface area contributed by atoms with Crippen molar-refractivity contribution in [2.45, 2.75) is 84.3 Å². The van der Waals surface area contributed by atoms with Crippen molar-refractivity contribution in [2.24, 2.45) is 17.3 Å². The lowest BCUT2D eigenvalue weighted by Crippen LogP contribution is -2.53. The molecular weight excluding hydrogens is 284 g/mol. The monoisotopic (exact) mass is 318 g/mol. The van der Waals surface area contributed by atoms with E-state index in [1.807, 2.05) is 0 Å². The number of epoxide rings is 1. The van der Waals surface area contributed by atoms with Crippen LogP contribution >= 0.6 is 0 Å². The summed E-state index contributed by atoms with van der Waals surface area (Å²) >= 11 is 0. The Bertz CT molecular complexity index is 530. The largest absolute Gasteiger partial charge is 0.396 e. The Morgan fingerprint density at radius 1 is 1.17 bits per heavy atom. The molecule has 3 aliphatic rings. The molecule has 1 saturated carbocycles. The van der Waals surface area contributed by atoms with Crippen LogP contribution in [0.5, 0.6) is 0 Å². The average molecular weight is 319 g/mol. The third-order valence-corrected chi connectivity index (χ3v) is 7.22. The molecular formula is C21H34O2. The molecule has 2 nitrogen and oxygen atoms in total. The number of ether oxygens (including phenoxy) is 1. The zero-order valence-electron chi connectivity index (χ0n) is 15.6. The second kappa shape index (κ2) is 5.74. The summed E-state index contributed by atoms with van der Waals surface area (Å²) in [6, 6.07) is 0. The van der Waals surface area contributed by atoms with Gasteiger partial charge in [-0.1, -0.05) is 37.1 Å². The summed E-state index contributed by atoms with van der Waals surface area (Å²) in [6.45, 7) is 11.8. The first kappa shape index (κ1) is 17.2. The quantitative estimate of drug-likeness (QED) is 0.543. The molecule has 1 aliphatic heterocycles. The molecule has 0 aromatic heterocycles. The van der Waals surface area contributed by atoms with Gasteiger partial charge in [-0.2, -0.15) is 0 Å². The molecule has 2 bridgehead atoms. The molecule has 0 amide bonds. The highest BCUT2D eigenvalue weighted by molar-refractivity contribution is 5.28. The molecule has 2 heteroatoms. The van der Waals surface area contributed by atoms with Gasteiger partial charge in [0.25, 0.3) is 0 Å². The number of rotatable bonds is 1. The van der Waals surface area contributed by atoms with E-state index in [-0.39, 0.29) is 29.1 Å². The summed E-state index contributed by atoms with van der Waals surface area (Å²) in [6.07, 6.45) is 11.6. The van der Waals surface area contributed by atoms with Gasteiger partial charge in [-0.3, -0.25) is 0 Å². The molecule has 0 aromatic rings. The third-order valence-electron chi connectivity index (χ3n) is 7.22. The summed E-state index contributed by atoms with van der Waals surface area (Å²) in [5.41, 5.74) is 2.83. The van der Waals surface area contributed by atoms with Gasteiger partial charge in [0.05, 0.1) is 5.60 Å². The Hall–Kier alpha value is -0.600. The van der Waals surface area contributed by atoms with E-state index >= 15 is 0 Å². The average Bonchev–Trinajstić information content (AvgIpc) is 3.12. The van der Waals surface area contributed by atoms with Crippen molar-refractivity contribution in [1.82, 2.24) is 0 Å². The van der Waals surface area contributed by atoms with E-state index in [2.05, 4.69) is 46.8 Å². The van der Waals surface area contributed by atoms with Crippen LogP contribution in [0.2, 0.25) is 0 Å². The van der Waals surface area contributed by atoms with Gasteiger partial charge in [-0.25, -0.2) is 0 Å². The van der Waals surface area contributed by atoms with Crippen molar-refractivity contribution in [3.63, 3.8) is 0 Å². The maximum atomic E-state index is 10.2. The van der Waals surface area contributed by atoms with Gasteiger partial charge in [-0.05, 0) is 65.2 Å². The third kappa shape index (κ3) is 2.53. The first-order valence-electron chi connectivity index (χ1n) is 9.39. The Morgan fingerprint density at radius 3 is 2.61 bits per heavy atom. The number of hydrogen-bond acceptors (Lipinski definition) is 2. The Balaban J connectivity index is 2.02. The van der Waals surface area contributed by atoms with Crippen LogP contribution in [-0.2, 0) is 4.74 Å². The van der Waals surface area contributed by atoms with Crippen LogP contribution in [0, 0.1) is 17.3 Å². The van der Waals surface area contributed by atoms with Crippen LogP contribution < -0.4 is 0 Å². The highest BCUT2D eigenvalue weighted by Crippen LogP contribution is 2.71. The van der Waals surface area contributed by atoms with Gasteiger partial charge in [0, 0.05) is 17.9 Å². The van der Waals surface area contributed by atoms with E-state index in [0.29, 0.717) is 5.92 Å². The molecule has 2 aliphatic carbocycles. The molecule has 3 rings (SSSR count). The molecule has 0 radical (unpaired) electrons. The number of allylic oxidation sites excluding steroid dienone is 4. The van der Waals surface area contributed by atoms with E-state index < -0.39 is 0 Å². The van der Waals surface area contributed by atoms with Crippen molar-refractivity contribution >= 4 is 0 Å². The second-order valence-corrected chi connectivity index (χ2v) is 8.98. The Kier molecular flexibility index (Phi) is 4.30. The molecule has 1 saturated heterocycles. The first-order chi connectivity index (χ1) is 10.8. The topological polar surface area (TPSA) is 32.8 Å². The summed E-state index contributed by atoms with van der Waals surface area (Å²) in [5.74, 6) is 0.858. The maximum absolute atomic E-state index is 10.2. The second-order valence-electron chi connectivity index (χ2n) is 8.98. The normalized spacial score (nSPS) is 47.9. The predicted octanol–water partition coefficient (Wildman–Crippen LogP) is 5.03. The number of hydrogen-bond donors (Lipinski definition) is 1. The molecule has 1 heterocycles. The van der Waals surface area contributed by atoms with E-state index in [9.17, 15) is 5.11 Å². The first-order valence-corrected chi connectivity index (χ1v) is 9.39. The molecule has 130 valence electrons. The van der Waals surface area contributed by atoms with E-state index in [0.717, 1.165) is 32.1 Å². The van der Waals surface area contributed by atoms with Crippen molar-refractivity contribution in [1.29, 1.82) is 0 Å². The fourth-order valence-corrected chi connectivity index (χ4v) is 5.75. The lowest BCUT2D eigenvalue weighted by Gasteiger charge is -2.48. The van der Waals surface area contributed by atoms with Crippen molar-refractivity contribution in [3.8, 4) is 0 Å². The zero-order valence-corrected chi connectivity index (χ0v) is 15.6. The zero-order chi connectivity index (χ0) is 16.9.